The van der Waals surface area contributed by atoms with Gasteiger partial charge in [-0.2, -0.15) is 0 Å². The van der Waals surface area contributed by atoms with Crippen molar-refractivity contribution in [3.8, 4) is 5.75 Å². The van der Waals surface area contributed by atoms with Crippen LogP contribution in [0.15, 0.2) is 24.3 Å². The van der Waals surface area contributed by atoms with Gasteiger partial charge in [0.25, 0.3) is 0 Å². The van der Waals surface area contributed by atoms with Crippen molar-refractivity contribution in [2.24, 2.45) is 23.0 Å². The molecule has 0 saturated heterocycles. The predicted molar refractivity (Wildman–Crippen MR) is 89.7 cm³/mol. The van der Waals surface area contributed by atoms with Gasteiger partial charge in [-0.05, 0) is 73.1 Å². The normalized spacial score (nSPS) is 24.6. The molecule has 0 aliphatic heterocycles. The second kappa shape index (κ2) is 6.83. The monoisotopic (exact) mass is 289 g/mol. The molecule has 118 valence electrons. The summed E-state index contributed by atoms with van der Waals surface area (Å²) in [4.78, 5) is 0. The lowest BCUT2D eigenvalue weighted by atomic mass is 9.66. The highest BCUT2D eigenvalue weighted by Crippen LogP contribution is 2.44. The van der Waals surface area contributed by atoms with E-state index >= 15 is 0 Å². The Kier molecular flexibility index (Phi) is 5.32. The van der Waals surface area contributed by atoms with Crippen LogP contribution in [-0.2, 0) is 0 Å². The van der Waals surface area contributed by atoms with Crippen molar-refractivity contribution >= 4 is 0 Å². The van der Waals surface area contributed by atoms with Crippen molar-refractivity contribution in [2.45, 2.75) is 52.4 Å². The molecule has 21 heavy (non-hydrogen) atoms. The van der Waals surface area contributed by atoms with E-state index in [1.807, 2.05) is 6.07 Å². The molecule has 0 radical (unpaired) electrons. The maximum atomic E-state index is 6.11. The van der Waals surface area contributed by atoms with Crippen molar-refractivity contribution in [2.75, 3.05) is 13.7 Å². The van der Waals surface area contributed by atoms with Crippen LogP contribution in [0.5, 0.6) is 5.75 Å². The minimum atomic E-state index is 0.444. The minimum Gasteiger partial charge on any atom is -0.497 e. The highest BCUT2D eigenvalue weighted by molar-refractivity contribution is 5.31. The molecule has 2 N–H and O–H groups in total. The van der Waals surface area contributed by atoms with E-state index in [-0.39, 0.29) is 0 Å². The third kappa shape index (κ3) is 4.00. The van der Waals surface area contributed by atoms with Gasteiger partial charge in [0, 0.05) is 0 Å². The zero-order valence-corrected chi connectivity index (χ0v) is 14.1. The zero-order chi connectivity index (χ0) is 15.5. The van der Waals surface area contributed by atoms with Crippen molar-refractivity contribution in [3.05, 3.63) is 29.8 Å². The Morgan fingerprint density at radius 3 is 2.38 bits per heavy atom. The second-order valence-electron chi connectivity index (χ2n) is 7.60. The molecule has 1 aromatic rings. The van der Waals surface area contributed by atoms with Crippen LogP contribution in [0.4, 0.5) is 0 Å². The van der Waals surface area contributed by atoms with Crippen LogP contribution in [0.25, 0.3) is 0 Å². The van der Waals surface area contributed by atoms with Gasteiger partial charge < -0.3 is 10.5 Å². The Bertz CT molecular complexity index is 441. The van der Waals surface area contributed by atoms with Gasteiger partial charge in [0.1, 0.15) is 5.75 Å². The van der Waals surface area contributed by atoms with Crippen LogP contribution in [0.1, 0.15) is 57.9 Å². The summed E-state index contributed by atoms with van der Waals surface area (Å²) >= 11 is 0. The van der Waals surface area contributed by atoms with E-state index < -0.39 is 0 Å². The van der Waals surface area contributed by atoms with E-state index in [9.17, 15) is 0 Å². The number of nitrogens with two attached hydrogens (primary N) is 1. The van der Waals surface area contributed by atoms with Gasteiger partial charge in [-0.1, -0.05) is 32.9 Å². The van der Waals surface area contributed by atoms with Crippen LogP contribution < -0.4 is 10.5 Å². The largest absolute Gasteiger partial charge is 0.497 e. The molecule has 0 bridgehead atoms. The molecule has 1 aromatic carbocycles. The summed E-state index contributed by atoms with van der Waals surface area (Å²) in [6.45, 7) is 7.86. The van der Waals surface area contributed by atoms with Crippen LogP contribution >= 0.6 is 0 Å². The fourth-order valence-electron chi connectivity index (χ4n) is 3.86. The maximum absolute atomic E-state index is 6.11. The maximum Gasteiger partial charge on any atom is 0.119 e. The van der Waals surface area contributed by atoms with Crippen LogP contribution in [0, 0.1) is 17.3 Å². The Labute approximate surface area is 130 Å². The molecule has 2 rings (SSSR count). The summed E-state index contributed by atoms with van der Waals surface area (Å²) < 4.78 is 5.36. The Morgan fingerprint density at radius 2 is 1.86 bits per heavy atom. The molecule has 1 aliphatic rings. The topological polar surface area (TPSA) is 35.2 Å². The molecule has 2 heteroatoms. The second-order valence-corrected chi connectivity index (χ2v) is 7.60. The van der Waals surface area contributed by atoms with Gasteiger partial charge in [0.05, 0.1) is 7.11 Å². The number of methoxy groups -OCH3 is 1. The Morgan fingerprint density at radius 1 is 1.19 bits per heavy atom. The first-order chi connectivity index (χ1) is 9.95. The first-order valence-corrected chi connectivity index (χ1v) is 8.29. The van der Waals surface area contributed by atoms with Crippen LogP contribution in [0.2, 0.25) is 0 Å². The fourth-order valence-corrected chi connectivity index (χ4v) is 3.86. The highest BCUT2D eigenvalue weighted by Gasteiger charge is 2.32. The third-order valence-electron chi connectivity index (χ3n) is 5.34. The average molecular weight is 289 g/mol. The number of hydrogen-bond acceptors (Lipinski definition) is 2. The molecule has 0 heterocycles. The molecule has 2 nitrogen and oxygen atoms in total. The van der Waals surface area contributed by atoms with Gasteiger partial charge >= 0.3 is 0 Å². The lowest BCUT2D eigenvalue weighted by molar-refractivity contribution is 0.140. The van der Waals surface area contributed by atoms with Crippen molar-refractivity contribution in [1.82, 2.24) is 0 Å². The van der Waals surface area contributed by atoms with E-state index in [1.54, 1.807) is 7.11 Å². The SMILES string of the molecule is COc1cccc(C(CN)C2CCC(C(C)(C)C)CC2)c1. The van der Waals surface area contributed by atoms with Crippen molar-refractivity contribution in [3.63, 3.8) is 0 Å². The highest BCUT2D eigenvalue weighted by atomic mass is 16.5. The van der Waals surface area contributed by atoms with Gasteiger partial charge in [-0.3, -0.25) is 0 Å². The summed E-state index contributed by atoms with van der Waals surface area (Å²) in [5, 5.41) is 0. The summed E-state index contributed by atoms with van der Waals surface area (Å²) in [5.41, 5.74) is 7.89. The molecular weight excluding hydrogens is 258 g/mol. The molecule has 0 amide bonds. The standard InChI is InChI=1S/C19H31NO/c1-19(2,3)16-10-8-14(9-11-16)18(13-20)15-6-5-7-17(12-15)21-4/h5-7,12,14,16,18H,8-11,13,20H2,1-4H3. The number of benzene rings is 1. The lowest BCUT2D eigenvalue weighted by Gasteiger charge is -2.39. The van der Waals surface area contributed by atoms with Gasteiger partial charge in [-0.15, -0.1) is 0 Å². The van der Waals surface area contributed by atoms with E-state index in [0.717, 1.165) is 24.1 Å². The quantitative estimate of drug-likeness (QED) is 0.880. The molecule has 1 saturated carbocycles. The van der Waals surface area contributed by atoms with E-state index in [2.05, 4.69) is 39.0 Å². The molecule has 0 aromatic heterocycles. The lowest BCUT2D eigenvalue weighted by Crippen LogP contribution is -2.30. The number of ether oxygens (including phenoxy) is 1. The summed E-state index contributed by atoms with van der Waals surface area (Å²) in [6.07, 6.45) is 5.30. The molecular formula is C19H31NO. The Balaban J connectivity index is 2.06. The van der Waals surface area contributed by atoms with Gasteiger partial charge in [-0.25, -0.2) is 0 Å². The van der Waals surface area contributed by atoms with E-state index in [4.69, 9.17) is 10.5 Å². The first kappa shape index (κ1) is 16.4. The van der Waals surface area contributed by atoms with Crippen molar-refractivity contribution in [1.29, 1.82) is 0 Å². The molecule has 1 atom stereocenters. The van der Waals surface area contributed by atoms with Gasteiger partial charge in [0.15, 0.2) is 0 Å². The van der Waals surface area contributed by atoms with Gasteiger partial charge in [0.2, 0.25) is 0 Å². The third-order valence-corrected chi connectivity index (χ3v) is 5.34. The molecule has 1 unspecified atom stereocenters. The number of rotatable bonds is 4. The van der Waals surface area contributed by atoms with Crippen LogP contribution in [0.3, 0.4) is 0 Å². The van der Waals surface area contributed by atoms with E-state index in [0.29, 0.717) is 11.3 Å². The van der Waals surface area contributed by atoms with Crippen LogP contribution in [-0.4, -0.2) is 13.7 Å². The van der Waals surface area contributed by atoms with Crippen molar-refractivity contribution < 1.29 is 4.74 Å². The number of hydrogen-bond donors (Lipinski definition) is 1. The molecule has 1 fully saturated rings. The summed E-state index contributed by atoms with van der Waals surface area (Å²) in [6, 6.07) is 8.45. The minimum absolute atomic E-state index is 0.444. The van der Waals surface area contributed by atoms with E-state index in [1.165, 1.54) is 31.2 Å². The Hall–Kier alpha value is -1.02. The average Bonchev–Trinajstić information content (AvgIpc) is 2.48. The molecule has 0 spiro atoms. The first-order valence-electron chi connectivity index (χ1n) is 8.29. The predicted octanol–water partition coefficient (Wildman–Crippen LogP) is 4.59. The summed E-state index contributed by atoms with van der Waals surface area (Å²) in [5.74, 6) is 2.99. The summed E-state index contributed by atoms with van der Waals surface area (Å²) in [7, 11) is 1.73. The zero-order valence-electron chi connectivity index (χ0n) is 14.1. The smallest absolute Gasteiger partial charge is 0.119 e. The fraction of sp³-hybridized carbons (Fsp3) is 0.684. The molecule has 1 aliphatic carbocycles.